The van der Waals surface area contributed by atoms with E-state index < -0.39 is 0 Å². The van der Waals surface area contributed by atoms with Gasteiger partial charge in [-0.05, 0) is 6.92 Å². The minimum Gasteiger partial charge on any atom is -0.355 e. The Morgan fingerprint density at radius 3 is 2.71 bits per heavy atom. The van der Waals surface area contributed by atoms with Crippen molar-refractivity contribution in [3.05, 3.63) is 16.1 Å². The van der Waals surface area contributed by atoms with Crippen LogP contribution in [-0.4, -0.2) is 24.0 Å². The van der Waals surface area contributed by atoms with Crippen LogP contribution in [-0.2, 0) is 16.8 Å². The van der Waals surface area contributed by atoms with E-state index in [-0.39, 0.29) is 11.3 Å². The van der Waals surface area contributed by atoms with Crippen LogP contribution in [0.25, 0.3) is 0 Å². The number of aromatic nitrogens is 1. The van der Waals surface area contributed by atoms with Crippen molar-refractivity contribution in [1.29, 1.82) is 0 Å². The summed E-state index contributed by atoms with van der Waals surface area (Å²) >= 11 is 1.67. The summed E-state index contributed by atoms with van der Waals surface area (Å²) in [7, 11) is 0. The molecule has 0 spiro atoms. The third kappa shape index (κ3) is 4.83. The van der Waals surface area contributed by atoms with Crippen molar-refractivity contribution < 1.29 is 4.79 Å². The zero-order chi connectivity index (χ0) is 12.9. The standard InChI is InChI=1S/C12H21N3OS/c1-5-14-10(16)7-13-6-9-8-17-11(15-9)12(2,3)4/h8,13H,5-7H2,1-4H3,(H,14,16). The molecule has 0 aliphatic carbocycles. The molecule has 96 valence electrons. The molecule has 0 aliphatic rings. The molecular formula is C12H21N3OS. The third-order valence-corrected chi connectivity index (χ3v) is 3.48. The topological polar surface area (TPSA) is 54.0 Å². The molecule has 1 aromatic heterocycles. The molecule has 1 amide bonds. The van der Waals surface area contributed by atoms with Crippen molar-refractivity contribution in [3.8, 4) is 0 Å². The summed E-state index contributed by atoms with van der Waals surface area (Å²) < 4.78 is 0. The highest BCUT2D eigenvalue weighted by Gasteiger charge is 2.17. The van der Waals surface area contributed by atoms with E-state index in [4.69, 9.17) is 0 Å². The molecule has 0 bridgehead atoms. The molecule has 1 aromatic rings. The maximum absolute atomic E-state index is 11.2. The van der Waals surface area contributed by atoms with Gasteiger partial charge in [0.05, 0.1) is 17.2 Å². The first kappa shape index (κ1) is 14.1. The SMILES string of the molecule is CCNC(=O)CNCc1csc(C(C)(C)C)n1. The largest absolute Gasteiger partial charge is 0.355 e. The normalized spacial score (nSPS) is 11.5. The molecule has 0 saturated heterocycles. The van der Waals surface area contributed by atoms with Crippen LogP contribution >= 0.6 is 11.3 Å². The number of nitrogens with zero attached hydrogens (tertiary/aromatic N) is 1. The lowest BCUT2D eigenvalue weighted by Crippen LogP contribution is -2.33. The van der Waals surface area contributed by atoms with Crippen molar-refractivity contribution in [2.75, 3.05) is 13.1 Å². The molecule has 0 atom stereocenters. The third-order valence-electron chi connectivity index (χ3n) is 2.16. The van der Waals surface area contributed by atoms with Gasteiger partial charge in [0.25, 0.3) is 0 Å². The average Bonchev–Trinajstić information content (AvgIpc) is 2.66. The second-order valence-electron chi connectivity index (χ2n) is 4.95. The Kier molecular flexibility index (Phi) is 5.08. The number of rotatable bonds is 5. The van der Waals surface area contributed by atoms with E-state index in [2.05, 4.69) is 36.4 Å². The molecule has 5 heteroatoms. The lowest BCUT2D eigenvalue weighted by atomic mass is 9.98. The monoisotopic (exact) mass is 255 g/mol. The highest BCUT2D eigenvalue weighted by molar-refractivity contribution is 7.09. The van der Waals surface area contributed by atoms with E-state index in [0.717, 1.165) is 10.7 Å². The van der Waals surface area contributed by atoms with Gasteiger partial charge < -0.3 is 10.6 Å². The number of hydrogen-bond acceptors (Lipinski definition) is 4. The van der Waals surface area contributed by atoms with Crippen LogP contribution in [0.2, 0.25) is 0 Å². The minimum absolute atomic E-state index is 0.0266. The zero-order valence-electron chi connectivity index (χ0n) is 11.0. The fraction of sp³-hybridized carbons (Fsp3) is 0.667. The molecular weight excluding hydrogens is 234 g/mol. The molecule has 0 aromatic carbocycles. The van der Waals surface area contributed by atoms with Crippen LogP contribution in [0.5, 0.6) is 0 Å². The van der Waals surface area contributed by atoms with Gasteiger partial charge in [0.15, 0.2) is 0 Å². The van der Waals surface area contributed by atoms with Gasteiger partial charge in [-0.1, -0.05) is 20.8 Å². The lowest BCUT2D eigenvalue weighted by Gasteiger charge is -2.13. The van der Waals surface area contributed by atoms with Crippen molar-refractivity contribution in [2.45, 2.75) is 39.7 Å². The summed E-state index contributed by atoms with van der Waals surface area (Å²) in [6, 6.07) is 0. The number of hydrogen-bond donors (Lipinski definition) is 2. The van der Waals surface area contributed by atoms with Gasteiger partial charge in [-0.2, -0.15) is 0 Å². The number of thiazole rings is 1. The summed E-state index contributed by atoms with van der Waals surface area (Å²) in [6.45, 7) is 10.0. The molecule has 1 rings (SSSR count). The van der Waals surface area contributed by atoms with Crippen molar-refractivity contribution in [1.82, 2.24) is 15.6 Å². The second kappa shape index (κ2) is 6.12. The number of likely N-dealkylation sites (N-methyl/N-ethyl adjacent to an activating group) is 1. The quantitative estimate of drug-likeness (QED) is 0.841. The molecule has 4 nitrogen and oxygen atoms in total. The van der Waals surface area contributed by atoms with Crippen LogP contribution < -0.4 is 10.6 Å². The fourth-order valence-electron chi connectivity index (χ4n) is 1.30. The van der Waals surface area contributed by atoms with Gasteiger partial charge in [0.1, 0.15) is 0 Å². The molecule has 1 heterocycles. The van der Waals surface area contributed by atoms with Gasteiger partial charge in [-0.3, -0.25) is 4.79 Å². The van der Waals surface area contributed by atoms with Crippen molar-refractivity contribution in [2.24, 2.45) is 0 Å². The minimum atomic E-state index is 0.0266. The molecule has 0 radical (unpaired) electrons. The van der Waals surface area contributed by atoms with E-state index in [0.29, 0.717) is 19.6 Å². The van der Waals surface area contributed by atoms with E-state index in [1.165, 1.54) is 0 Å². The molecule has 0 fully saturated rings. The van der Waals surface area contributed by atoms with E-state index >= 15 is 0 Å². The van der Waals surface area contributed by atoms with Crippen LogP contribution in [0.1, 0.15) is 38.4 Å². The summed E-state index contributed by atoms with van der Waals surface area (Å²) in [4.78, 5) is 15.8. The van der Waals surface area contributed by atoms with Gasteiger partial charge in [-0.25, -0.2) is 4.98 Å². The second-order valence-corrected chi connectivity index (χ2v) is 5.81. The van der Waals surface area contributed by atoms with Crippen LogP contribution in [0.15, 0.2) is 5.38 Å². The first-order valence-electron chi connectivity index (χ1n) is 5.85. The molecule has 17 heavy (non-hydrogen) atoms. The summed E-state index contributed by atoms with van der Waals surface area (Å²) in [6.07, 6.45) is 0. The van der Waals surface area contributed by atoms with Gasteiger partial charge in [0.2, 0.25) is 5.91 Å². The lowest BCUT2D eigenvalue weighted by molar-refractivity contribution is -0.120. The summed E-state index contributed by atoms with van der Waals surface area (Å²) in [5.74, 6) is 0.0266. The molecule has 0 saturated carbocycles. The summed E-state index contributed by atoms with van der Waals surface area (Å²) in [5.41, 5.74) is 1.10. The number of amides is 1. The maximum atomic E-state index is 11.2. The highest BCUT2D eigenvalue weighted by atomic mass is 32.1. The fourth-order valence-corrected chi connectivity index (χ4v) is 2.20. The number of carbonyl (C=O) groups is 1. The number of nitrogens with one attached hydrogen (secondary N) is 2. The predicted octanol–water partition coefficient (Wildman–Crippen LogP) is 1.67. The Morgan fingerprint density at radius 2 is 2.18 bits per heavy atom. The average molecular weight is 255 g/mol. The molecule has 0 unspecified atom stereocenters. The number of carbonyl (C=O) groups excluding carboxylic acids is 1. The highest BCUT2D eigenvalue weighted by Crippen LogP contribution is 2.25. The zero-order valence-corrected chi connectivity index (χ0v) is 11.8. The Balaban J connectivity index is 2.38. The Bertz CT molecular complexity index is 368. The molecule has 0 aliphatic heterocycles. The van der Waals surface area contributed by atoms with Crippen molar-refractivity contribution >= 4 is 17.2 Å². The first-order valence-corrected chi connectivity index (χ1v) is 6.73. The first-order chi connectivity index (χ1) is 7.93. The maximum Gasteiger partial charge on any atom is 0.233 e. The Labute approximate surface area is 107 Å². The predicted molar refractivity (Wildman–Crippen MR) is 71.2 cm³/mol. The Hall–Kier alpha value is -0.940. The van der Waals surface area contributed by atoms with E-state index in [9.17, 15) is 4.79 Å². The van der Waals surface area contributed by atoms with E-state index in [1.807, 2.05) is 12.3 Å². The Morgan fingerprint density at radius 1 is 1.47 bits per heavy atom. The van der Waals surface area contributed by atoms with Gasteiger partial charge >= 0.3 is 0 Å². The van der Waals surface area contributed by atoms with Gasteiger partial charge in [0, 0.05) is 23.9 Å². The summed E-state index contributed by atoms with van der Waals surface area (Å²) in [5, 5.41) is 9.00. The smallest absolute Gasteiger partial charge is 0.233 e. The molecule has 2 N–H and O–H groups in total. The van der Waals surface area contributed by atoms with Crippen LogP contribution in [0, 0.1) is 0 Å². The van der Waals surface area contributed by atoms with Crippen molar-refractivity contribution in [3.63, 3.8) is 0 Å². The van der Waals surface area contributed by atoms with E-state index in [1.54, 1.807) is 11.3 Å². The van der Waals surface area contributed by atoms with Gasteiger partial charge in [-0.15, -0.1) is 11.3 Å². The van der Waals surface area contributed by atoms with Crippen LogP contribution in [0.3, 0.4) is 0 Å². The van der Waals surface area contributed by atoms with Crippen LogP contribution in [0.4, 0.5) is 0 Å².